The molecule has 1 heterocycles. The second-order valence-corrected chi connectivity index (χ2v) is 9.74. The van der Waals surface area contributed by atoms with Crippen LogP contribution in [0.5, 0.6) is 0 Å². The summed E-state index contributed by atoms with van der Waals surface area (Å²) in [5.41, 5.74) is 3.30. The van der Waals surface area contributed by atoms with Crippen LogP contribution in [0, 0.1) is 12.7 Å². The number of carbonyl (C=O) groups excluding carboxylic acids is 1. The molecule has 0 aliphatic heterocycles. The molecule has 3 aromatic carbocycles. The molecule has 5 nitrogen and oxygen atoms in total. The Balaban J connectivity index is 1.56. The Labute approximate surface area is 186 Å². The average Bonchev–Trinajstić information content (AvgIpc) is 3.14. The lowest BCUT2D eigenvalue weighted by Crippen LogP contribution is -2.26. The molecule has 0 aliphatic carbocycles. The number of hydrogen-bond acceptors (Lipinski definition) is 3. The minimum atomic E-state index is -3.70. The van der Waals surface area contributed by atoms with Crippen molar-refractivity contribution >= 4 is 26.6 Å². The topological polar surface area (TPSA) is 68.2 Å². The van der Waals surface area contributed by atoms with E-state index in [1.807, 2.05) is 31.2 Å². The summed E-state index contributed by atoms with van der Waals surface area (Å²) in [5, 5.41) is 3.44. The van der Waals surface area contributed by atoms with Gasteiger partial charge in [-0.1, -0.05) is 60.2 Å². The van der Waals surface area contributed by atoms with Crippen LogP contribution in [0.25, 0.3) is 10.9 Å². The van der Waals surface area contributed by atoms with Crippen molar-refractivity contribution in [1.82, 2.24) is 9.88 Å². The highest BCUT2D eigenvalue weighted by Crippen LogP contribution is 2.28. The van der Waals surface area contributed by atoms with E-state index in [0.717, 1.165) is 11.1 Å². The van der Waals surface area contributed by atoms with Gasteiger partial charge in [0.05, 0.1) is 10.6 Å². The summed E-state index contributed by atoms with van der Waals surface area (Å²) >= 11 is 0. The third kappa shape index (κ3) is 4.89. The Hall–Kier alpha value is -3.45. The minimum Gasteiger partial charge on any atom is -0.350 e. The van der Waals surface area contributed by atoms with Crippen molar-refractivity contribution in [3.8, 4) is 0 Å². The maximum Gasteiger partial charge on any atom is 0.240 e. The van der Waals surface area contributed by atoms with Crippen LogP contribution in [0.2, 0.25) is 0 Å². The van der Waals surface area contributed by atoms with Crippen LogP contribution >= 0.6 is 0 Å². The van der Waals surface area contributed by atoms with Crippen molar-refractivity contribution in [3.63, 3.8) is 0 Å². The van der Waals surface area contributed by atoms with Gasteiger partial charge < -0.3 is 9.88 Å². The molecule has 0 radical (unpaired) electrons. The highest BCUT2D eigenvalue weighted by molar-refractivity contribution is 7.90. The molecule has 32 heavy (non-hydrogen) atoms. The molecule has 1 N–H and O–H groups in total. The predicted octanol–water partition coefficient (Wildman–Crippen LogP) is 4.38. The van der Waals surface area contributed by atoms with Gasteiger partial charge in [0.1, 0.15) is 12.4 Å². The van der Waals surface area contributed by atoms with Crippen LogP contribution in [0.3, 0.4) is 0 Å². The number of halogens is 1. The minimum absolute atomic E-state index is 0.00154. The van der Waals surface area contributed by atoms with Crippen LogP contribution in [-0.2, 0) is 33.5 Å². The van der Waals surface area contributed by atoms with E-state index in [1.165, 1.54) is 30.5 Å². The molecule has 0 spiro atoms. The van der Waals surface area contributed by atoms with Gasteiger partial charge in [-0.3, -0.25) is 4.79 Å². The fourth-order valence-corrected chi connectivity index (χ4v) is 5.17. The number of carbonyl (C=O) groups is 1. The molecule has 7 heteroatoms. The molecule has 0 saturated carbocycles. The van der Waals surface area contributed by atoms with E-state index in [1.54, 1.807) is 28.8 Å². The number of hydrogen-bond donors (Lipinski definition) is 1. The van der Waals surface area contributed by atoms with Gasteiger partial charge in [0.2, 0.25) is 5.91 Å². The van der Waals surface area contributed by atoms with E-state index < -0.39 is 15.7 Å². The van der Waals surface area contributed by atoms with Gasteiger partial charge in [0.25, 0.3) is 0 Å². The molecule has 4 aromatic rings. The van der Waals surface area contributed by atoms with Crippen molar-refractivity contribution in [2.45, 2.75) is 30.7 Å². The van der Waals surface area contributed by atoms with E-state index in [2.05, 4.69) is 5.32 Å². The first-order valence-electron chi connectivity index (χ1n) is 10.2. The standard InChI is InChI=1S/C25H23FN2O3S/c1-18-6-8-19(9-7-18)14-27-25(29)16-28-15-24(22-4-2-3-5-23(22)28)32(30,31)17-20-10-12-21(26)13-11-20/h2-13,15H,14,16-17H2,1H3,(H,27,29). The lowest BCUT2D eigenvalue weighted by molar-refractivity contribution is -0.121. The fourth-order valence-electron chi connectivity index (χ4n) is 3.59. The second kappa shape index (κ2) is 8.96. The third-order valence-electron chi connectivity index (χ3n) is 5.28. The summed E-state index contributed by atoms with van der Waals surface area (Å²) in [5.74, 6) is -0.880. The second-order valence-electron chi connectivity index (χ2n) is 7.79. The number of fused-ring (bicyclic) bond motifs is 1. The average molecular weight is 451 g/mol. The number of para-hydroxylation sites is 1. The Kier molecular flexibility index (Phi) is 6.10. The van der Waals surface area contributed by atoms with Crippen molar-refractivity contribution in [3.05, 3.63) is 102 Å². The lowest BCUT2D eigenvalue weighted by atomic mass is 10.1. The number of nitrogens with zero attached hydrogens (tertiary/aromatic N) is 1. The summed E-state index contributed by atoms with van der Waals surface area (Å²) in [6.45, 7) is 2.40. The van der Waals surface area contributed by atoms with Gasteiger partial charge in [-0.2, -0.15) is 0 Å². The van der Waals surface area contributed by atoms with Gasteiger partial charge in [-0.15, -0.1) is 0 Å². The van der Waals surface area contributed by atoms with Crippen molar-refractivity contribution in [1.29, 1.82) is 0 Å². The summed E-state index contributed by atoms with van der Waals surface area (Å²) in [6.07, 6.45) is 1.51. The number of sulfone groups is 1. The molecule has 0 unspecified atom stereocenters. The van der Waals surface area contributed by atoms with Gasteiger partial charge >= 0.3 is 0 Å². The van der Waals surface area contributed by atoms with Crippen LogP contribution in [-0.4, -0.2) is 18.9 Å². The van der Waals surface area contributed by atoms with Crippen molar-refractivity contribution in [2.24, 2.45) is 0 Å². The molecule has 0 aliphatic rings. The number of nitrogens with one attached hydrogen (secondary N) is 1. The van der Waals surface area contributed by atoms with Crippen LogP contribution in [0.1, 0.15) is 16.7 Å². The monoisotopic (exact) mass is 450 g/mol. The summed E-state index contributed by atoms with van der Waals surface area (Å²) < 4.78 is 41.1. The number of benzene rings is 3. The van der Waals surface area contributed by atoms with E-state index in [0.29, 0.717) is 23.0 Å². The summed E-state index contributed by atoms with van der Waals surface area (Å²) in [7, 11) is -3.70. The molecule has 4 rings (SSSR count). The lowest BCUT2D eigenvalue weighted by Gasteiger charge is -2.08. The molecule has 0 saturated heterocycles. The number of amides is 1. The van der Waals surface area contributed by atoms with Gasteiger partial charge in [-0.05, 0) is 36.2 Å². The molecular formula is C25H23FN2O3S. The SMILES string of the molecule is Cc1ccc(CNC(=O)Cn2cc(S(=O)(=O)Cc3ccc(F)cc3)c3ccccc32)cc1. The molecular weight excluding hydrogens is 427 g/mol. The quantitative estimate of drug-likeness (QED) is 0.454. The number of aromatic nitrogens is 1. The predicted molar refractivity (Wildman–Crippen MR) is 122 cm³/mol. The smallest absolute Gasteiger partial charge is 0.240 e. The molecule has 164 valence electrons. The van der Waals surface area contributed by atoms with Crippen LogP contribution in [0.15, 0.2) is 83.9 Å². The number of rotatable bonds is 7. The molecule has 0 bridgehead atoms. The van der Waals surface area contributed by atoms with E-state index >= 15 is 0 Å². The first-order valence-corrected chi connectivity index (χ1v) is 11.8. The first-order chi connectivity index (χ1) is 15.3. The van der Waals surface area contributed by atoms with Crippen molar-refractivity contribution in [2.75, 3.05) is 0 Å². The summed E-state index contributed by atoms with van der Waals surface area (Å²) in [4.78, 5) is 12.7. The largest absolute Gasteiger partial charge is 0.350 e. The third-order valence-corrected chi connectivity index (χ3v) is 6.99. The maximum absolute atomic E-state index is 13.2. The van der Waals surface area contributed by atoms with Gasteiger partial charge in [-0.25, -0.2) is 12.8 Å². The Morgan fingerprint density at radius 2 is 1.59 bits per heavy atom. The van der Waals surface area contributed by atoms with E-state index in [9.17, 15) is 17.6 Å². The van der Waals surface area contributed by atoms with Crippen LogP contribution < -0.4 is 5.32 Å². The van der Waals surface area contributed by atoms with E-state index in [-0.39, 0.29) is 23.1 Å². The van der Waals surface area contributed by atoms with Gasteiger partial charge in [0, 0.05) is 23.6 Å². The highest BCUT2D eigenvalue weighted by Gasteiger charge is 2.22. The zero-order valence-electron chi connectivity index (χ0n) is 17.6. The number of aryl methyl sites for hydroxylation is 1. The fraction of sp³-hybridized carbons (Fsp3) is 0.160. The van der Waals surface area contributed by atoms with E-state index in [4.69, 9.17) is 0 Å². The van der Waals surface area contributed by atoms with Crippen molar-refractivity contribution < 1.29 is 17.6 Å². The summed E-state index contributed by atoms with van der Waals surface area (Å²) in [6, 6.07) is 20.4. The Bertz CT molecular complexity index is 1360. The molecule has 0 atom stereocenters. The molecule has 0 fully saturated rings. The first kappa shape index (κ1) is 21.8. The molecule has 1 amide bonds. The Morgan fingerprint density at radius 3 is 2.31 bits per heavy atom. The van der Waals surface area contributed by atoms with Crippen LogP contribution in [0.4, 0.5) is 4.39 Å². The zero-order valence-corrected chi connectivity index (χ0v) is 18.4. The molecule has 1 aromatic heterocycles. The normalized spacial score (nSPS) is 11.6. The Morgan fingerprint density at radius 1 is 0.938 bits per heavy atom. The maximum atomic E-state index is 13.2. The van der Waals surface area contributed by atoms with Gasteiger partial charge in [0.15, 0.2) is 9.84 Å². The highest BCUT2D eigenvalue weighted by atomic mass is 32.2. The zero-order chi connectivity index (χ0) is 22.7.